The fourth-order valence-corrected chi connectivity index (χ4v) is 2.89. The molecule has 2 N–H and O–H groups in total. The van der Waals surface area contributed by atoms with Crippen molar-refractivity contribution < 1.29 is 8.42 Å². The Morgan fingerprint density at radius 1 is 1.32 bits per heavy atom. The number of nitrogens with one attached hydrogen (secondary N) is 2. The highest BCUT2D eigenvalue weighted by Gasteiger charge is 2.18. The molecule has 98 valence electrons. The summed E-state index contributed by atoms with van der Waals surface area (Å²) in [6, 6.07) is 8.03. The largest absolute Gasteiger partial charge is 0.281 e. The molecule has 0 aliphatic heterocycles. The predicted molar refractivity (Wildman–Crippen MR) is 70.0 cm³/mol. The van der Waals surface area contributed by atoms with Gasteiger partial charge in [-0.1, -0.05) is 6.07 Å². The standard InChI is InChI=1S/C12H12N4O2S/c1-8-3-4-10(7-13)6-11(8)19(17,18)16-12-5-9(2)14-15-12/h3-6H,1-2H3,(H2,14,15,16). The van der Waals surface area contributed by atoms with Crippen LogP contribution < -0.4 is 4.72 Å². The Morgan fingerprint density at radius 3 is 2.63 bits per heavy atom. The lowest BCUT2D eigenvalue weighted by molar-refractivity contribution is 0.600. The second-order valence-corrected chi connectivity index (χ2v) is 5.78. The summed E-state index contributed by atoms with van der Waals surface area (Å²) in [5.74, 6) is 0.222. The summed E-state index contributed by atoms with van der Waals surface area (Å²) in [7, 11) is -3.75. The van der Waals surface area contributed by atoms with Crippen LogP contribution in [0, 0.1) is 25.2 Å². The van der Waals surface area contributed by atoms with E-state index in [9.17, 15) is 8.42 Å². The van der Waals surface area contributed by atoms with Gasteiger partial charge in [-0.2, -0.15) is 10.4 Å². The number of hydrogen-bond donors (Lipinski definition) is 2. The van der Waals surface area contributed by atoms with E-state index >= 15 is 0 Å². The fraction of sp³-hybridized carbons (Fsp3) is 0.167. The molecule has 1 aromatic heterocycles. The molecule has 1 aromatic carbocycles. The molecule has 0 amide bonds. The first kappa shape index (κ1) is 13.1. The second-order valence-electron chi connectivity index (χ2n) is 4.13. The molecule has 1 heterocycles. The van der Waals surface area contributed by atoms with Crippen LogP contribution in [0.25, 0.3) is 0 Å². The molecule has 0 unspecified atom stereocenters. The summed E-state index contributed by atoms with van der Waals surface area (Å²) >= 11 is 0. The number of benzene rings is 1. The first-order chi connectivity index (χ1) is 8.92. The van der Waals surface area contributed by atoms with Gasteiger partial charge in [-0.25, -0.2) is 8.42 Å². The lowest BCUT2D eigenvalue weighted by atomic mass is 10.2. The second kappa shape index (κ2) is 4.74. The Hall–Kier alpha value is -2.33. The summed E-state index contributed by atoms with van der Waals surface area (Å²) in [6.07, 6.45) is 0. The summed E-state index contributed by atoms with van der Waals surface area (Å²) in [5.41, 5.74) is 1.61. The van der Waals surface area contributed by atoms with Crippen LogP contribution >= 0.6 is 0 Å². The van der Waals surface area contributed by atoms with Crippen LogP contribution in [0.4, 0.5) is 5.82 Å². The molecule has 6 nitrogen and oxygen atoms in total. The van der Waals surface area contributed by atoms with Crippen LogP contribution in [0.3, 0.4) is 0 Å². The van der Waals surface area contributed by atoms with E-state index < -0.39 is 10.0 Å². The molecule has 0 atom stereocenters. The number of nitriles is 1. The molecule has 2 aromatic rings. The normalized spacial score (nSPS) is 11.0. The average Bonchev–Trinajstić information content (AvgIpc) is 2.74. The minimum Gasteiger partial charge on any atom is -0.281 e. The monoisotopic (exact) mass is 276 g/mol. The summed E-state index contributed by atoms with van der Waals surface area (Å²) in [6.45, 7) is 3.44. The van der Waals surface area contributed by atoms with Gasteiger partial charge in [0, 0.05) is 11.8 Å². The Kier molecular flexibility index (Phi) is 3.27. The zero-order valence-corrected chi connectivity index (χ0v) is 11.2. The summed E-state index contributed by atoms with van der Waals surface area (Å²) in [4.78, 5) is 0.0761. The maximum Gasteiger partial charge on any atom is 0.263 e. The van der Waals surface area contributed by atoms with E-state index in [1.165, 1.54) is 6.07 Å². The highest BCUT2D eigenvalue weighted by Crippen LogP contribution is 2.19. The van der Waals surface area contributed by atoms with Crippen molar-refractivity contribution in [2.24, 2.45) is 0 Å². The van der Waals surface area contributed by atoms with Crippen molar-refractivity contribution in [1.29, 1.82) is 5.26 Å². The van der Waals surface area contributed by atoms with E-state index in [4.69, 9.17) is 5.26 Å². The quantitative estimate of drug-likeness (QED) is 0.891. The van der Waals surface area contributed by atoms with Crippen LogP contribution in [0.1, 0.15) is 16.8 Å². The number of hydrogen-bond acceptors (Lipinski definition) is 4. The minimum absolute atomic E-state index is 0.0761. The first-order valence-electron chi connectivity index (χ1n) is 5.48. The zero-order valence-electron chi connectivity index (χ0n) is 10.4. The van der Waals surface area contributed by atoms with Gasteiger partial charge >= 0.3 is 0 Å². The molecule has 0 saturated carbocycles. The van der Waals surface area contributed by atoms with Crippen molar-refractivity contribution in [3.8, 4) is 6.07 Å². The molecule has 0 aliphatic rings. The first-order valence-corrected chi connectivity index (χ1v) is 6.96. The van der Waals surface area contributed by atoms with Crippen molar-refractivity contribution in [3.05, 3.63) is 41.1 Å². The number of anilines is 1. The van der Waals surface area contributed by atoms with Gasteiger partial charge in [0.2, 0.25) is 0 Å². The fourth-order valence-electron chi connectivity index (χ4n) is 1.62. The van der Waals surface area contributed by atoms with Crippen LogP contribution in [-0.2, 0) is 10.0 Å². The third-order valence-corrected chi connectivity index (χ3v) is 4.05. The van der Waals surface area contributed by atoms with E-state index in [2.05, 4.69) is 14.9 Å². The molecule has 2 rings (SSSR count). The highest BCUT2D eigenvalue weighted by molar-refractivity contribution is 7.92. The lowest BCUT2D eigenvalue weighted by Gasteiger charge is -2.08. The number of aromatic amines is 1. The average molecular weight is 276 g/mol. The lowest BCUT2D eigenvalue weighted by Crippen LogP contribution is -2.14. The van der Waals surface area contributed by atoms with Crippen LogP contribution in [0.2, 0.25) is 0 Å². The maximum absolute atomic E-state index is 12.2. The Morgan fingerprint density at radius 2 is 2.05 bits per heavy atom. The third kappa shape index (κ3) is 2.74. The Labute approximate surface area is 111 Å². The van der Waals surface area contributed by atoms with Crippen molar-refractivity contribution >= 4 is 15.8 Å². The number of aryl methyl sites for hydroxylation is 2. The predicted octanol–water partition coefficient (Wildman–Crippen LogP) is 1.70. The van der Waals surface area contributed by atoms with Gasteiger partial charge in [0.05, 0.1) is 16.5 Å². The van der Waals surface area contributed by atoms with Crippen molar-refractivity contribution in [3.63, 3.8) is 0 Å². The van der Waals surface area contributed by atoms with Gasteiger partial charge in [0.15, 0.2) is 5.82 Å². The Bertz CT molecular complexity index is 756. The molecular formula is C12H12N4O2S. The number of sulfonamides is 1. The van der Waals surface area contributed by atoms with Gasteiger partial charge in [0.25, 0.3) is 10.0 Å². The van der Waals surface area contributed by atoms with Crippen molar-refractivity contribution in [2.75, 3.05) is 4.72 Å². The number of H-pyrrole nitrogens is 1. The zero-order chi connectivity index (χ0) is 14.0. The van der Waals surface area contributed by atoms with Crippen molar-refractivity contribution in [1.82, 2.24) is 10.2 Å². The molecule has 0 aliphatic carbocycles. The summed E-state index contributed by atoms with van der Waals surface area (Å²) < 4.78 is 26.8. The molecule has 0 fully saturated rings. The van der Waals surface area contributed by atoms with Gasteiger partial charge in [0.1, 0.15) is 0 Å². The molecule has 0 spiro atoms. The van der Waals surface area contributed by atoms with Crippen LogP contribution in [0.15, 0.2) is 29.2 Å². The molecular weight excluding hydrogens is 264 g/mol. The van der Waals surface area contributed by atoms with Gasteiger partial charge in [-0.3, -0.25) is 9.82 Å². The van der Waals surface area contributed by atoms with E-state index in [0.717, 1.165) is 5.69 Å². The van der Waals surface area contributed by atoms with Gasteiger partial charge in [-0.05, 0) is 31.5 Å². The summed E-state index contributed by atoms with van der Waals surface area (Å²) in [5, 5.41) is 15.3. The smallest absolute Gasteiger partial charge is 0.263 e. The molecule has 19 heavy (non-hydrogen) atoms. The molecule has 0 saturated heterocycles. The van der Waals surface area contributed by atoms with Crippen molar-refractivity contribution in [2.45, 2.75) is 18.7 Å². The maximum atomic E-state index is 12.2. The topological polar surface area (TPSA) is 98.6 Å². The Balaban J connectivity index is 2.42. The van der Waals surface area contributed by atoms with E-state index in [1.54, 1.807) is 32.0 Å². The number of nitrogens with zero attached hydrogens (tertiary/aromatic N) is 2. The number of aromatic nitrogens is 2. The SMILES string of the molecule is Cc1cc(NS(=O)(=O)c2cc(C#N)ccc2C)n[nH]1. The van der Waals surface area contributed by atoms with E-state index in [-0.39, 0.29) is 10.7 Å². The van der Waals surface area contributed by atoms with Gasteiger partial charge < -0.3 is 0 Å². The van der Waals surface area contributed by atoms with Gasteiger partial charge in [-0.15, -0.1) is 0 Å². The molecule has 0 bridgehead atoms. The third-order valence-electron chi connectivity index (χ3n) is 2.55. The van der Waals surface area contributed by atoms with Crippen LogP contribution in [-0.4, -0.2) is 18.6 Å². The number of rotatable bonds is 3. The minimum atomic E-state index is -3.75. The van der Waals surface area contributed by atoms with E-state index in [1.807, 2.05) is 6.07 Å². The van der Waals surface area contributed by atoms with Crippen LogP contribution in [0.5, 0.6) is 0 Å². The highest BCUT2D eigenvalue weighted by atomic mass is 32.2. The molecule has 0 radical (unpaired) electrons. The molecule has 7 heteroatoms. The van der Waals surface area contributed by atoms with E-state index in [0.29, 0.717) is 11.1 Å².